The van der Waals surface area contributed by atoms with Crippen molar-refractivity contribution in [2.45, 2.75) is 39.7 Å². The van der Waals surface area contributed by atoms with Gasteiger partial charge in [-0.15, -0.1) is 0 Å². The third kappa shape index (κ3) is 5.25. The average Bonchev–Trinajstić information content (AvgIpc) is 2.24. The Labute approximate surface area is 91.8 Å². The number of hydrogen-bond donors (Lipinski definition) is 0. The standard InChI is InChI=1S/C12H20O3/c1-5-9-10(6-2)15-11(7-3)12(13)14-8-4/h6-7,10H,2,5,8-9H2,1,3-4H3/b11-7-. The molecule has 86 valence electrons. The molecule has 0 N–H and O–H groups in total. The lowest BCUT2D eigenvalue weighted by atomic mass is 10.2. The minimum atomic E-state index is -0.414. The Morgan fingerprint density at radius 1 is 1.47 bits per heavy atom. The van der Waals surface area contributed by atoms with E-state index in [1.807, 2.05) is 0 Å². The highest BCUT2D eigenvalue weighted by Crippen LogP contribution is 2.10. The summed E-state index contributed by atoms with van der Waals surface area (Å²) in [6.07, 6.45) is 5.03. The summed E-state index contributed by atoms with van der Waals surface area (Å²) >= 11 is 0. The molecule has 0 saturated carbocycles. The van der Waals surface area contributed by atoms with Crippen LogP contribution in [0.3, 0.4) is 0 Å². The first kappa shape index (κ1) is 13.8. The smallest absolute Gasteiger partial charge is 0.373 e. The maximum atomic E-state index is 11.4. The van der Waals surface area contributed by atoms with Crippen LogP contribution in [-0.4, -0.2) is 18.7 Å². The van der Waals surface area contributed by atoms with Gasteiger partial charge in [0.2, 0.25) is 5.76 Å². The van der Waals surface area contributed by atoms with Crippen molar-refractivity contribution in [2.24, 2.45) is 0 Å². The highest BCUT2D eigenvalue weighted by molar-refractivity contribution is 5.86. The Bertz CT molecular complexity index is 231. The Morgan fingerprint density at radius 3 is 2.53 bits per heavy atom. The van der Waals surface area contributed by atoms with Gasteiger partial charge < -0.3 is 9.47 Å². The normalized spacial score (nSPS) is 13.1. The quantitative estimate of drug-likeness (QED) is 0.282. The molecule has 3 nitrogen and oxygen atoms in total. The number of rotatable bonds is 7. The molecule has 0 rings (SSSR count). The number of allylic oxidation sites excluding steroid dienone is 1. The average molecular weight is 212 g/mol. The zero-order chi connectivity index (χ0) is 11.7. The first-order valence-electron chi connectivity index (χ1n) is 5.32. The van der Waals surface area contributed by atoms with Crippen LogP contribution >= 0.6 is 0 Å². The molecular weight excluding hydrogens is 192 g/mol. The van der Waals surface area contributed by atoms with Gasteiger partial charge in [0, 0.05) is 0 Å². The second-order valence-electron chi connectivity index (χ2n) is 3.05. The molecule has 1 atom stereocenters. The lowest BCUT2D eigenvalue weighted by Crippen LogP contribution is -2.16. The van der Waals surface area contributed by atoms with Crippen LogP contribution in [0.5, 0.6) is 0 Å². The molecule has 15 heavy (non-hydrogen) atoms. The van der Waals surface area contributed by atoms with E-state index in [9.17, 15) is 4.79 Å². The zero-order valence-corrected chi connectivity index (χ0v) is 9.79. The van der Waals surface area contributed by atoms with Crippen molar-refractivity contribution in [3.8, 4) is 0 Å². The number of carbonyl (C=O) groups is 1. The Morgan fingerprint density at radius 2 is 2.13 bits per heavy atom. The molecule has 0 aliphatic rings. The molecule has 0 heterocycles. The van der Waals surface area contributed by atoms with E-state index in [0.717, 1.165) is 12.8 Å². The van der Waals surface area contributed by atoms with Crippen LogP contribution in [0.1, 0.15) is 33.6 Å². The van der Waals surface area contributed by atoms with Gasteiger partial charge >= 0.3 is 5.97 Å². The molecule has 0 aromatic carbocycles. The van der Waals surface area contributed by atoms with Gasteiger partial charge in [-0.25, -0.2) is 4.79 Å². The van der Waals surface area contributed by atoms with E-state index in [4.69, 9.17) is 9.47 Å². The molecule has 0 fully saturated rings. The van der Waals surface area contributed by atoms with E-state index in [0.29, 0.717) is 6.61 Å². The monoisotopic (exact) mass is 212 g/mol. The summed E-state index contributed by atoms with van der Waals surface area (Å²) in [5.74, 6) is -0.154. The summed E-state index contributed by atoms with van der Waals surface area (Å²) in [5, 5.41) is 0. The van der Waals surface area contributed by atoms with E-state index >= 15 is 0 Å². The van der Waals surface area contributed by atoms with Crippen molar-refractivity contribution in [1.82, 2.24) is 0 Å². The first-order chi connectivity index (χ1) is 7.19. The van der Waals surface area contributed by atoms with Gasteiger partial charge in [0.15, 0.2) is 0 Å². The van der Waals surface area contributed by atoms with E-state index in [1.54, 1.807) is 26.0 Å². The van der Waals surface area contributed by atoms with Gasteiger partial charge in [-0.3, -0.25) is 0 Å². The second-order valence-corrected chi connectivity index (χ2v) is 3.05. The predicted molar refractivity (Wildman–Crippen MR) is 60.4 cm³/mol. The predicted octanol–water partition coefficient (Wildman–Crippen LogP) is 2.82. The minimum Gasteiger partial charge on any atom is -0.479 e. The molecule has 0 bridgehead atoms. The van der Waals surface area contributed by atoms with Crippen molar-refractivity contribution >= 4 is 5.97 Å². The summed E-state index contributed by atoms with van der Waals surface area (Å²) in [7, 11) is 0. The summed E-state index contributed by atoms with van der Waals surface area (Å²) in [6.45, 7) is 9.59. The van der Waals surface area contributed by atoms with Crippen LogP contribution in [-0.2, 0) is 14.3 Å². The van der Waals surface area contributed by atoms with Crippen LogP contribution in [0.2, 0.25) is 0 Å². The van der Waals surface area contributed by atoms with Crippen LogP contribution < -0.4 is 0 Å². The van der Waals surface area contributed by atoms with Gasteiger partial charge in [-0.2, -0.15) is 0 Å². The fourth-order valence-electron chi connectivity index (χ4n) is 1.11. The molecule has 0 spiro atoms. The Kier molecular flexibility index (Phi) is 7.42. The fraction of sp³-hybridized carbons (Fsp3) is 0.583. The number of hydrogen-bond acceptors (Lipinski definition) is 3. The van der Waals surface area contributed by atoms with Crippen molar-refractivity contribution in [2.75, 3.05) is 6.61 Å². The molecule has 0 radical (unpaired) electrons. The highest BCUT2D eigenvalue weighted by Gasteiger charge is 2.14. The molecule has 1 unspecified atom stereocenters. The van der Waals surface area contributed by atoms with Gasteiger partial charge in [0.05, 0.1) is 6.61 Å². The van der Waals surface area contributed by atoms with E-state index in [1.165, 1.54) is 0 Å². The highest BCUT2D eigenvalue weighted by atomic mass is 16.6. The second kappa shape index (κ2) is 8.09. The van der Waals surface area contributed by atoms with Crippen LogP contribution in [0, 0.1) is 0 Å². The topological polar surface area (TPSA) is 35.5 Å². The summed E-state index contributed by atoms with van der Waals surface area (Å²) in [4.78, 5) is 11.4. The van der Waals surface area contributed by atoms with Gasteiger partial charge in [0.25, 0.3) is 0 Å². The molecule has 0 saturated heterocycles. The molecule has 0 aromatic heterocycles. The third-order valence-corrected chi connectivity index (χ3v) is 1.85. The lowest BCUT2D eigenvalue weighted by molar-refractivity contribution is -0.143. The Hall–Kier alpha value is -1.25. The van der Waals surface area contributed by atoms with Crippen molar-refractivity contribution in [1.29, 1.82) is 0 Å². The van der Waals surface area contributed by atoms with Crippen LogP contribution in [0.4, 0.5) is 0 Å². The summed E-state index contributed by atoms with van der Waals surface area (Å²) < 4.78 is 10.3. The lowest BCUT2D eigenvalue weighted by Gasteiger charge is -2.15. The SMILES string of the molecule is C=CC(CCC)O/C(=C\C)C(=O)OCC. The molecule has 0 aliphatic heterocycles. The summed E-state index contributed by atoms with van der Waals surface area (Å²) in [6, 6.07) is 0. The third-order valence-electron chi connectivity index (χ3n) is 1.85. The fourth-order valence-corrected chi connectivity index (χ4v) is 1.11. The molecule has 0 amide bonds. The molecule has 0 aliphatic carbocycles. The maximum Gasteiger partial charge on any atom is 0.373 e. The van der Waals surface area contributed by atoms with E-state index < -0.39 is 5.97 Å². The first-order valence-corrected chi connectivity index (χ1v) is 5.32. The van der Waals surface area contributed by atoms with Crippen LogP contribution in [0.25, 0.3) is 0 Å². The number of esters is 1. The number of carbonyl (C=O) groups excluding carboxylic acids is 1. The van der Waals surface area contributed by atoms with Crippen molar-refractivity contribution in [3.05, 3.63) is 24.5 Å². The van der Waals surface area contributed by atoms with E-state index in [2.05, 4.69) is 13.5 Å². The maximum absolute atomic E-state index is 11.4. The summed E-state index contributed by atoms with van der Waals surface area (Å²) in [5.41, 5.74) is 0. The molecule has 3 heteroatoms. The Balaban J connectivity index is 4.31. The van der Waals surface area contributed by atoms with E-state index in [-0.39, 0.29) is 11.9 Å². The zero-order valence-electron chi connectivity index (χ0n) is 9.79. The molecular formula is C12H20O3. The van der Waals surface area contributed by atoms with Gasteiger partial charge in [0.1, 0.15) is 6.10 Å². The van der Waals surface area contributed by atoms with Gasteiger partial charge in [-0.1, -0.05) is 26.0 Å². The van der Waals surface area contributed by atoms with Gasteiger partial charge in [-0.05, 0) is 26.3 Å². The van der Waals surface area contributed by atoms with Crippen LogP contribution in [0.15, 0.2) is 24.5 Å². The number of ether oxygens (including phenoxy) is 2. The van der Waals surface area contributed by atoms with Crippen molar-refractivity contribution in [3.63, 3.8) is 0 Å². The molecule has 0 aromatic rings. The largest absolute Gasteiger partial charge is 0.479 e. The minimum absolute atomic E-state index is 0.120. The van der Waals surface area contributed by atoms with Crippen molar-refractivity contribution < 1.29 is 14.3 Å².